The smallest absolute Gasteiger partial charge is 0.168 e. The third kappa shape index (κ3) is 2.08. The van der Waals surface area contributed by atoms with Crippen LogP contribution in [-0.4, -0.2) is 29.7 Å². The zero-order chi connectivity index (χ0) is 13.4. The van der Waals surface area contributed by atoms with E-state index in [4.69, 9.17) is 9.47 Å². The highest BCUT2D eigenvalue weighted by atomic mass is 16.7. The number of hydrogen-bond acceptors (Lipinski definition) is 4. The molecule has 4 heteroatoms. The lowest BCUT2D eigenvalue weighted by molar-refractivity contribution is -0.219. The molecule has 0 radical (unpaired) electrons. The fraction of sp³-hybridized carbons (Fsp3) is 0.933. The Morgan fingerprint density at radius 3 is 1.95 bits per heavy atom. The molecule has 0 unspecified atom stereocenters. The van der Waals surface area contributed by atoms with E-state index in [9.17, 15) is 10.4 Å². The van der Waals surface area contributed by atoms with Crippen molar-refractivity contribution < 1.29 is 14.6 Å². The maximum absolute atomic E-state index is 11.1. The molecule has 2 aliphatic carbocycles. The Kier molecular flexibility index (Phi) is 3.33. The van der Waals surface area contributed by atoms with Crippen LogP contribution in [0.3, 0.4) is 0 Å². The van der Waals surface area contributed by atoms with E-state index in [1.165, 1.54) is 6.42 Å². The summed E-state index contributed by atoms with van der Waals surface area (Å²) in [4.78, 5) is 0. The molecule has 3 fully saturated rings. The summed E-state index contributed by atoms with van der Waals surface area (Å²) < 4.78 is 11.4. The van der Waals surface area contributed by atoms with Crippen molar-refractivity contribution >= 4 is 0 Å². The van der Waals surface area contributed by atoms with E-state index in [1.807, 2.05) is 0 Å². The minimum absolute atomic E-state index is 0.461. The van der Waals surface area contributed by atoms with Crippen molar-refractivity contribution in [3.8, 4) is 6.07 Å². The molecule has 0 aromatic carbocycles. The summed E-state index contributed by atoms with van der Waals surface area (Å²) in [5.41, 5.74) is -1.38. The second kappa shape index (κ2) is 4.73. The lowest BCUT2D eigenvalue weighted by Crippen LogP contribution is -2.54. The van der Waals surface area contributed by atoms with E-state index in [1.54, 1.807) is 0 Å². The molecule has 3 rings (SSSR count). The van der Waals surface area contributed by atoms with Crippen LogP contribution in [0.5, 0.6) is 0 Å². The van der Waals surface area contributed by atoms with Gasteiger partial charge in [0, 0.05) is 12.8 Å². The fourth-order valence-electron chi connectivity index (χ4n) is 4.15. The number of aliphatic hydroxyl groups is 1. The van der Waals surface area contributed by atoms with Crippen LogP contribution in [0, 0.1) is 16.7 Å². The highest BCUT2D eigenvalue weighted by molar-refractivity contribution is 5.14. The molecular weight excluding hydrogens is 242 g/mol. The summed E-state index contributed by atoms with van der Waals surface area (Å²) in [7, 11) is 0. The van der Waals surface area contributed by atoms with E-state index in [-0.39, 0.29) is 0 Å². The van der Waals surface area contributed by atoms with Crippen LogP contribution in [0.4, 0.5) is 0 Å². The van der Waals surface area contributed by atoms with Gasteiger partial charge in [-0.3, -0.25) is 0 Å². The van der Waals surface area contributed by atoms with E-state index in [0.29, 0.717) is 38.9 Å². The van der Waals surface area contributed by atoms with Crippen LogP contribution in [0.15, 0.2) is 0 Å². The molecule has 1 heterocycles. The van der Waals surface area contributed by atoms with Gasteiger partial charge in [-0.15, -0.1) is 0 Å². The van der Waals surface area contributed by atoms with Gasteiger partial charge in [-0.1, -0.05) is 19.3 Å². The topological polar surface area (TPSA) is 62.5 Å². The van der Waals surface area contributed by atoms with E-state index in [2.05, 4.69) is 6.07 Å². The maximum Gasteiger partial charge on any atom is 0.168 e. The first-order chi connectivity index (χ1) is 9.14. The Morgan fingerprint density at radius 1 is 0.842 bits per heavy atom. The van der Waals surface area contributed by atoms with Gasteiger partial charge in [0.2, 0.25) is 0 Å². The molecular formula is C15H23NO3. The van der Waals surface area contributed by atoms with Crippen molar-refractivity contribution in [2.24, 2.45) is 5.41 Å². The molecule has 1 N–H and O–H groups in total. The first-order valence-corrected chi connectivity index (χ1v) is 7.55. The quantitative estimate of drug-likeness (QED) is 0.791. The van der Waals surface area contributed by atoms with Crippen LogP contribution < -0.4 is 0 Å². The summed E-state index contributed by atoms with van der Waals surface area (Å²) in [5, 5.41) is 20.7. The van der Waals surface area contributed by atoms with Gasteiger partial charge >= 0.3 is 0 Å². The normalized spacial score (nSPS) is 32.0. The zero-order valence-corrected chi connectivity index (χ0v) is 11.5. The molecule has 2 saturated carbocycles. The third-order valence-electron chi connectivity index (χ3n) is 5.46. The molecule has 4 nitrogen and oxygen atoms in total. The molecule has 0 aromatic rings. The largest absolute Gasteiger partial charge is 0.388 e. The Morgan fingerprint density at radius 2 is 1.42 bits per heavy atom. The van der Waals surface area contributed by atoms with E-state index in [0.717, 1.165) is 25.7 Å². The number of ether oxygens (including phenoxy) is 2. The second-order valence-electron chi connectivity index (χ2n) is 6.39. The average Bonchev–Trinajstić information content (AvgIpc) is 2.92. The molecule has 0 aromatic heterocycles. The van der Waals surface area contributed by atoms with Gasteiger partial charge in [0.1, 0.15) is 0 Å². The average molecular weight is 265 g/mol. The van der Waals surface area contributed by atoms with Gasteiger partial charge in [-0.05, 0) is 25.7 Å². The number of rotatable bonds is 1. The Hall–Kier alpha value is -0.630. The van der Waals surface area contributed by atoms with Gasteiger partial charge in [0.05, 0.1) is 30.3 Å². The van der Waals surface area contributed by atoms with Crippen molar-refractivity contribution in [1.82, 2.24) is 0 Å². The monoisotopic (exact) mass is 265 g/mol. The first-order valence-electron chi connectivity index (χ1n) is 7.55. The standard InChI is InChI=1S/C15H23NO3/c16-12-13(4-2-1-3-5-13)14(17)6-8-15(9-7-14)18-10-11-19-15/h17H,1-11H2. The summed E-state index contributed by atoms with van der Waals surface area (Å²) in [6.45, 7) is 1.31. The number of hydrogen-bond donors (Lipinski definition) is 1. The molecule has 1 saturated heterocycles. The lowest BCUT2D eigenvalue weighted by Gasteiger charge is -2.50. The number of nitriles is 1. The molecule has 0 amide bonds. The van der Waals surface area contributed by atoms with Crippen molar-refractivity contribution in [2.75, 3.05) is 13.2 Å². The number of nitrogens with zero attached hydrogens (tertiary/aromatic N) is 1. The fourth-order valence-corrected chi connectivity index (χ4v) is 4.15. The summed E-state index contributed by atoms with van der Waals surface area (Å²) in [6, 6.07) is 2.48. The lowest BCUT2D eigenvalue weighted by atomic mass is 9.59. The van der Waals surface area contributed by atoms with Crippen LogP contribution >= 0.6 is 0 Å². The maximum atomic E-state index is 11.1. The van der Waals surface area contributed by atoms with Crippen molar-refractivity contribution in [3.05, 3.63) is 0 Å². The summed E-state index contributed by atoms with van der Waals surface area (Å²) in [5.74, 6) is -0.461. The zero-order valence-electron chi connectivity index (χ0n) is 11.5. The minimum Gasteiger partial charge on any atom is -0.388 e. The highest BCUT2D eigenvalue weighted by Crippen LogP contribution is 2.53. The van der Waals surface area contributed by atoms with Gasteiger partial charge in [-0.25, -0.2) is 0 Å². The Labute approximate surface area is 114 Å². The highest BCUT2D eigenvalue weighted by Gasteiger charge is 2.56. The molecule has 0 bridgehead atoms. The van der Waals surface area contributed by atoms with Crippen LogP contribution in [0.25, 0.3) is 0 Å². The Bertz CT molecular complexity index is 365. The predicted octanol–water partition coefficient (Wildman–Crippen LogP) is 2.51. The van der Waals surface area contributed by atoms with Crippen molar-refractivity contribution in [1.29, 1.82) is 5.26 Å². The Balaban J connectivity index is 1.75. The van der Waals surface area contributed by atoms with Gasteiger partial charge in [0.25, 0.3) is 0 Å². The minimum atomic E-state index is -0.845. The van der Waals surface area contributed by atoms with Crippen LogP contribution in [-0.2, 0) is 9.47 Å². The molecule has 3 aliphatic rings. The van der Waals surface area contributed by atoms with Gasteiger partial charge in [-0.2, -0.15) is 5.26 Å². The van der Waals surface area contributed by atoms with Crippen LogP contribution in [0.2, 0.25) is 0 Å². The van der Waals surface area contributed by atoms with Crippen LogP contribution in [0.1, 0.15) is 57.8 Å². The van der Waals surface area contributed by atoms with Gasteiger partial charge < -0.3 is 14.6 Å². The SMILES string of the molecule is N#CC1(C2(O)CCC3(CC2)OCCO3)CCCCC1. The van der Waals surface area contributed by atoms with E-state index < -0.39 is 16.8 Å². The first kappa shape index (κ1) is 13.4. The summed E-state index contributed by atoms with van der Waals surface area (Å²) in [6.07, 6.45) is 7.68. The summed E-state index contributed by atoms with van der Waals surface area (Å²) >= 11 is 0. The van der Waals surface area contributed by atoms with E-state index >= 15 is 0 Å². The predicted molar refractivity (Wildman–Crippen MR) is 69.2 cm³/mol. The van der Waals surface area contributed by atoms with Crippen molar-refractivity contribution in [3.63, 3.8) is 0 Å². The van der Waals surface area contributed by atoms with Gasteiger partial charge in [0.15, 0.2) is 5.79 Å². The van der Waals surface area contributed by atoms with Crippen molar-refractivity contribution in [2.45, 2.75) is 69.2 Å². The molecule has 0 atom stereocenters. The molecule has 1 spiro atoms. The molecule has 1 aliphatic heterocycles. The third-order valence-corrected chi connectivity index (χ3v) is 5.46. The molecule has 19 heavy (non-hydrogen) atoms. The second-order valence-corrected chi connectivity index (χ2v) is 6.39. The molecule has 106 valence electrons.